The van der Waals surface area contributed by atoms with E-state index < -0.39 is 8.07 Å². The fourth-order valence-corrected chi connectivity index (χ4v) is 4.95. The Labute approximate surface area is 78.1 Å². The first-order chi connectivity index (χ1) is 5.43. The van der Waals surface area contributed by atoms with E-state index in [1.54, 1.807) is 11.1 Å². The van der Waals surface area contributed by atoms with E-state index in [1.807, 2.05) is 0 Å². The zero-order chi connectivity index (χ0) is 9.35. The standard InChI is InChI=1S/C11H22Si/c1-9(2)10-7-6-8-11(10)12(3,4)5/h11H,6-8H2,1-5H3. The van der Waals surface area contributed by atoms with Crippen molar-refractivity contribution in [2.45, 2.75) is 58.3 Å². The maximum absolute atomic E-state index is 2.51. The first kappa shape index (κ1) is 10.0. The second-order valence-electron chi connectivity index (χ2n) is 5.34. The molecule has 0 radical (unpaired) electrons. The Hall–Kier alpha value is -0.0431. The molecule has 0 N–H and O–H groups in total. The Morgan fingerprint density at radius 2 is 1.83 bits per heavy atom. The Kier molecular flexibility index (Phi) is 2.82. The molecule has 0 spiro atoms. The molecule has 1 aliphatic rings. The molecule has 12 heavy (non-hydrogen) atoms. The minimum atomic E-state index is -0.908. The molecule has 0 heterocycles. The van der Waals surface area contributed by atoms with Crippen LogP contribution >= 0.6 is 0 Å². The van der Waals surface area contributed by atoms with E-state index in [4.69, 9.17) is 0 Å². The van der Waals surface area contributed by atoms with E-state index in [9.17, 15) is 0 Å². The maximum Gasteiger partial charge on any atom is 0.0517 e. The average molecular weight is 182 g/mol. The van der Waals surface area contributed by atoms with Crippen molar-refractivity contribution in [2.24, 2.45) is 0 Å². The molecule has 1 aliphatic carbocycles. The van der Waals surface area contributed by atoms with Gasteiger partial charge in [-0.25, -0.2) is 0 Å². The molecular weight excluding hydrogens is 160 g/mol. The van der Waals surface area contributed by atoms with Crippen LogP contribution < -0.4 is 0 Å². The van der Waals surface area contributed by atoms with E-state index in [-0.39, 0.29) is 0 Å². The van der Waals surface area contributed by atoms with Crippen LogP contribution in [0, 0.1) is 0 Å². The lowest BCUT2D eigenvalue weighted by Gasteiger charge is -2.27. The molecule has 0 aromatic carbocycles. The highest BCUT2D eigenvalue weighted by Gasteiger charge is 2.33. The minimum absolute atomic E-state index is 0.908. The van der Waals surface area contributed by atoms with Crippen LogP contribution in [-0.2, 0) is 0 Å². The first-order valence-corrected chi connectivity index (χ1v) is 8.67. The van der Waals surface area contributed by atoms with Gasteiger partial charge < -0.3 is 0 Å². The van der Waals surface area contributed by atoms with Crippen LogP contribution in [0.5, 0.6) is 0 Å². The van der Waals surface area contributed by atoms with Crippen molar-refractivity contribution in [1.82, 2.24) is 0 Å². The molecule has 1 unspecified atom stereocenters. The third-order valence-corrected chi connectivity index (χ3v) is 5.78. The maximum atomic E-state index is 2.51. The van der Waals surface area contributed by atoms with E-state index in [1.165, 1.54) is 19.3 Å². The normalized spacial score (nSPS) is 24.8. The van der Waals surface area contributed by atoms with Crippen molar-refractivity contribution >= 4 is 8.07 Å². The van der Waals surface area contributed by atoms with Crippen LogP contribution in [0.15, 0.2) is 11.1 Å². The Morgan fingerprint density at radius 1 is 1.25 bits per heavy atom. The molecular formula is C11H22Si. The van der Waals surface area contributed by atoms with Gasteiger partial charge in [0.1, 0.15) is 0 Å². The van der Waals surface area contributed by atoms with Crippen molar-refractivity contribution in [3.05, 3.63) is 11.1 Å². The van der Waals surface area contributed by atoms with Gasteiger partial charge >= 0.3 is 0 Å². The fourth-order valence-electron chi connectivity index (χ4n) is 2.40. The highest BCUT2D eigenvalue weighted by atomic mass is 28.3. The number of hydrogen-bond donors (Lipinski definition) is 0. The second kappa shape index (κ2) is 3.37. The molecule has 1 atom stereocenters. The summed E-state index contributed by atoms with van der Waals surface area (Å²) >= 11 is 0. The molecule has 0 saturated heterocycles. The first-order valence-electron chi connectivity index (χ1n) is 5.09. The van der Waals surface area contributed by atoms with Crippen molar-refractivity contribution in [3.8, 4) is 0 Å². The van der Waals surface area contributed by atoms with Gasteiger partial charge in [0.25, 0.3) is 0 Å². The Morgan fingerprint density at radius 3 is 2.17 bits per heavy atom. The minimum Gasteiger partial charge on any atom is -0.0772 e. The number of hydrogen-bond acceptors (Lipinski definition) is 0. The summed E-state index contributed by atoms with van der Waals surface area (Å²) < 4.78 is 0. The second-order valence-corrected chi connectivity index (χ2v) is 10.8. The lowest BCUT2D eigenvalue weighted by Crippen LogP contribution is -2.27. The molecule has 0 amide bonds. The van der Waals surface area contributed by atoms with Gasteiger partial charge in [-0.05, 0) is 38.7 Å². The quantitative estimate of drug-likeness (QED) is 0.421. The fraction of sp³-hybridized carbons (Fsp3) is 0.818. The average Bonchev–Trinajstić information content (AvgIpc) is 2.30. The lowest BCUT2D eigenvalue weighted by atomic mass is 10.1. The van der Waals surface area contributed by atoms with Crippen LogP contribution in [-0.4, -0.2) is 8.07 Å². The van der Waals surface area contributed by atoms with E-state index in [0.717, 1.165) is 5.54 Å². The van der Waals surface area contributed by atoms with Crippen molar-refractivity contribution < 1.29 is 0 Å². The molecule has 1 heteroatoms. The van der Waals surface area contributed by atoms with Gasteiger partial charge in [0.05, 0.1) is 8.07 Å². The summed E-state index contributed by atoms with van der Waals surface area (Å²) in [5.74, 6) is 0. The highest BCUT2D eigenvalue weighted by molar-refractivity contribution is 6.78. The number of rotatable bonds is 1. The van der Waals surface area contributed by atoms with Gasteiger partial charge in [0, 0.05) is 0 Å². The Bertz CT molecular complexity index is 192. The topological polar surface area (TPSA) is 0 Å². The molecule has 0 nitrogen and oxygen atoms in total. The van der Waals surface area contributed by atoms with Crippen molar-refractivity contribution in [3.63, 3.8) is 0 Å². The van der Waals surface area contributed by atoms with Gasteiger partial charge in [-0.3, -0.25) is 0 Å². The van der Waals surface area contributed by atoms with Gasteiger partial charge in [-0.2, -0.15) is 0 Å². The molecule has 0 aromatic rings. The third-order valence-electron chi connectivity index (χ3n) is 3.05. The van der Waals surface area contributed by atoms with E-state index >= 15 is 0 Å². The Balaban J connectivity index is 2.86. The van der Waals surface area contributed by atoms with Crippen LogP contribution in [0.4, 0.5) is 0 Å². The summed E-state index contributed by atoms with van der Waals surface area (Å²) in [6.07, 6.45) is 4.29. The monoisotopic (exact) mass is 182 g/mol. The summed E-state index contributed by atoms with van der Waals surface area (Å²) in [7, 11) is -0.908. The lowest BCUT2D eigenvalue weighted by molar-refractivity contribution is 0.866. The predicted octanol–water partition coefficient (Wildman–Crippen LogP) is 4.22. The summed E-state index contributed by atoms with van der Waals surface area (Å²) in [6, 6.07) is 0. The summed E-state index contributed by atoms with van der Waals surface area (Å²) in [5, 5.41) is 0. The smallest absolute Gasteiger partial charge is 0.0517 e. The number of allylic oxidation sites excluding steroid dienone is 2. The van der Waals surface area contributed by atoms with Gasteiger partial charge in [0.2, 0.25) is 0 Å². The summed E-state index contributed by atoms with van der Waals surface area (Å²) in [4.78, 5) is 0. The molecule has 0 aliphatic heterocycles. The molecule has 0 bridgehead atoms. The van der Waals surface area contributed by atoms with E-state index in [2.05, 4.69) is 33.5 Å². The van der Waals surface area contributed by atoms with Crippen LogP contribution in [0.2, 0.25) is 25.2 Å². The zero-order valence-electron chi connectivity index (χ0n) is 9.20. The van der Waals surface area contributed by atoms with E-state index in [0.29, 0.717) is 0 Å². The molecule has 1 fully saturated rings. The highest BCUT2D eigenvalue weighted by Crippen LogP contribution is 2.44. The molecule has 70 valence electrons. The SMILES string of the molecule is CC(C)=C1CCCC1[Si](C)(C)C. The zero-order valence-corrected chi connectivity index (χ0v) is 10.2. The van der Waals surface area contributed by atoms with Gasteiger partial charge in [-0.1, -0.05) is 30.8 Å². The summed E-state index contributed by atoms with van der Waals surface area (Å²) in [5.41, 5.74) is 4.39. The van der Waals surface area contributed by atoms with Gasteiger partial charge in [-0.15, -0.1) is 0 Å². The van der Waals surface area contributed by atoms with Crippen LogP contribution in [0.3, 0.4) is 0 Å². The molecule has 1 saturated carbocycles. The molecule has 0 aromatic heterocycles. The largest absolute Gasteiger partial charge is 0.0772 e. The predicted molar refractivity (Wildman–Crippen MR) is 59.3 cm³/mol. The van der Waals surface area contributed by atoms with Crippen LogP contribution in [0.1, 0.15) is 33.1 Å². The van der Waals surface area contributed by atoms with Crippen molar-refractivity contribution in [1.29, 1.82) is 0 Å². The van der Waals surface area contributed by atoms with Crippen LogP contribution in [0.25, 0.3) is 0 Å². The van der Waals surface area contributed by atoms with Crippen molar-refractivity contribution in [2.75, 3.05) is 0 Å². The third kappa shape index (κ3) is 2.01. The molecule has 1 rings (SSSR count). The van der Waals surface area contributed by atoms with Gasteiger partial charge in [0.15, 0.2) is 0 Å². The summed E-state index contributed by atoms with van der Waals surface area (Å²) in [6.45, 7) is 12.1.